The zero-order valence-corrected chi connectivity index (χ0v) is 17.6. The second-order valence-electron chi connectivity index (χ2n) is 8.57. The molecule has 164 valence electrons. The number of amides is 1. The maximum atomic E-state index is 12.6. The third-order valence-electron chi connectivity index (χ3n) is 4.16. The second-order valence-corrected chi connectivity index (χ2v) is 8.57. The molecule has 1 fully saturated rings. The van der Waals surface area contributed by atoms with Crippen LogP contribution in [0.1, 0.15) is 45.0 Å². The van der Waals surface area contributed by atoms with Crippen LogP contribution in [0, 0.1) is 0 Å². The summed E-state index contributed by atoms with van der Waals surface area (Å²) >= 11 is 0. The summed E-state index contributed by atoms with van der Waals surface area (Å²) in [6, 6.07) is 3.02. The predicted octanol–water partition coefficient (Wildman–Crippen LogP) is 1.36. The number of fused-ring (bicyclic) bond motifs is 1. The van der Waals surface area contributed by atoms with E-state index in [1.807, 2.05) is 0 Å². The number of esters is 1. The molecule has 1 aromatic carbocycles. The summed E-state index contributed by atoms with van der Waals surface area (Å²) in [4.78, 5) is 26.2. The Morgan fingerprint density at radius 1 is 1.23 bits per heavy atom. The lowest BCUT2D eigenvalue weighted by molar-refractivity contribution is -0.129. The third kappa shape index (κ3) is 5.09. The fourth-order valence-corrected chi connectivity index (χ4v) is 2.92. The Morgan fingerprint density at radius 3 is 2.47 bits per heavy atom. The van der Waals surface area contributed by atoms with Gasteiger partial charge in [-0.15, -0.1) is 0 Å². The van der Waals surface area contributed by atoms with Crippen LogP contribution in [0.25, 0.3) is 0 Å². The van der Waals surface area contributed by atoms with Crippen molar-refractivity contribution in [2.24, 2.45) is 0 Å². The molecular formula is C19H26BNO9. The largest absolute Gasteiger partial charge is 0.492 e. The van der Waals surface area contributed by atoms with Gasteiger partial charge in [0, 0.05) is 13.8 Å². The average molecular weight is 423 g/mol. The van der Waals surface area contributed by atoms with E-state index in [1.165, 1.54) is 17.0 Å². The van der Waals surface area contributed by atoms with Crippen LogP contribution in [0.2, 0.25) is 0 Å². The molecule has 0 aliphatic carbocycles. The Morgan fingerprint density at radius 2 is 1.87 bits per heavy atom. The van der Waals surface area contributed by atoms with Crippen LogP contribution in [-0.4, -0.2) is 71.2 Å². The molecule has 0 saturated carbocycles. The van der Waals surface area contributed by atoms with Gasteiger partial charge >= 0.3 is 19.2 Å². The molecule has 1 saturated heterocycles. The summed E-state index contributed by atoms with van der Waals surface area (Å²) in [5, 5.41) is 18.1. The first-order valence-corrected chi connectivity index (χ1v) is 9.57. The maximum absolute atomic E-state index is 12.6. The van der Waals surface area contributed by atoms with Crippen molar-refractivity contribution in [2.75, 3.05) is 19.6 Å². The number of ether oxygens (including phenoxy) is 5. The van der Waals surface area contributed by atoms with Crippen LogP contribution in [0.15, 0.2) is 12.1 Å². The second kappa shape index (κ2) is 7.88. The highest BCUT2D eigenvalue weighted by Gasteiger charge is 2.41. The lowest BCUT2D eigenvalue weighted by atomic mass is 9.95. The van der Waals surface area contributed by atoms with E-state index >= 15 is 0 Å². The van der Waals surface area contributed by atoms with Gasteiger partial charge in [-0.2, -0.15) is 0 Å². The highest BCUT2D eigenvalue weighted by atomic mass is 16.7. The minimum Gasteiger partial charge on any atom is -0.492 e. The van der Waals surface area contributed by atoms with Gasteiger partial charge in [-0.1, -0.05) is 0 Å². The van der Waals surface area contributed by atoms with Crippen molar-refractivity contribution < 1.29 is 43.3 Å². The van der Waals surface area contributed by atoms with Gasteiger partial charge in [0.05, 0.1) is 13.1 Å². The molecule has 2 N–H and O–H groups in total. The quantitative estimate of drug-likeness (QED) is 0.534. The molecule has 0 atom stereocenters. The SMILES string of the molecule is CC(C)(C)OC(=O)N1CC(Oc2ccc(OCB(O)O)c3c2C(=O)OC(C)(C)O3)C1. The predicted molar refractivity (Wildman–Crippen MR) is 104 cm³/mol. The molecule has 0 aromatic heterocycles. The van der Waals surface area contributed by atoms with Crippen molar-refractivity contribution in [2.45, 2.75) is 52.1 Å². The number of nitrogens with zero attached hydrogens (tertiary/aromatic N) is 1. The monoisotopic (exact) mass is 423 g/mol. The first-order valence-electron chi connectivity index (χ1n) is 9.57. The Balaban J connectivity index is 1.75. The molecule has 0 unspecified atom stereocenters. The van der Waals surface area contributed by atoms with Crippen LogP contribution >= 0.6 is 0 Å². The van der Waals surface area contributed by atoms with Gasteiger partial charge in [0.1, 0.15) is 29.5 Å². The standard InChI is InChI=1S/C19H26BNO9/c1-18(2,3)30-17(23)21-8-11(9-21)27-12-6-7-13(26-10-20(24)25)15-14(12)16(22)29-19(4,5)28-15/h6-7,11,24-25H,8-10H2,1-5H3. The summed E-state index contributed by atoms with van der Waals surface area (Å²) in [6.07, 6.45) is -0.768. The number of carbonyl (C=O) groups excluding carboxylic acids is 2. The van der Waals surface area contributed by atoms with Crippen molar-refractivity contribution in [3.63, 3.8) is 0 Å². The number of likely N-dealkylation sites (tertiary alicyclic amines) is 1. The van der Waals surface area contributed by atoms with Gasteiger partial charge < -0.3 is 38.6 Å². The number of benzene rings is 1. The van der Waals surface area contributed by atoms with Crippen LogP contribution in [0.4, 0.5) is 4.79 Å². The fraction of sp³-hybridized carbons (Fsp3) is 0.579. The Kier molecular flexibility index (Phi) is 5.79. The lowest BCUT2D eigenvalue weighted by Gasteiger charge is -2.40. The molecule has 0 bridgehead atoms. The zero-order valence-electron chi connectivity index (χ0n) is 17.6. The average Bonchev–Trinajstić information content (AvgIpc) is 2.53. The highest BCUT2D eigenvalue weighted by Crippen LogP contribution is 2.44. The van der Waals surface area contributed by atoms with E-state index in [0.29, 0.717) is 13.1 Å². The molecule has 3 rings (SSSR count). The zero-order chi connectivity index (χ0) is 22.3. The molecular weight excluding hydrogens is 397 g/mol. The summed E-state index contributed by atoms with van der Waals surface area (Å²) in [5.41, 5.74) is -0.552. The van der Waals surface area contributed by atoms with E-state index in [0.717, 1.165) is 0 Å². The van der Waals surface area contributed by atoms with Crippen molar-refractivity contribution in [3.8, 4) is 17.2 Å². The Hall–Kier alpha value is -2.66. The molecule has 10 nitrogen and oxygen atoms in total. The molecule has 2 aliphatic heterocycles. The molecule has 2 aliphatic rings. The van der Waals surface area contributed by atoms with Crippen LogP contribution in [0.3, 0.4) is 0 Å². The number of rotatable bonds is 5. The van der Waals surface area contributed by atoms with E-state index in [2.05, 4.69) is 0 Å². The van der Waals surface area contributed by atoms with E-state index < -0.39 is 37.1 Å². The van der Waals surface area contributed by atoms with Crippen molar-refractivity contribution in [1.29, 1.82) is 0 Å². The molecule has 30 heavy (non-hydrogen) atoms. The summed E-state index contributed by atoms with van der Waals surface area (Å²) in [5.74, 6) is -1.43. The maximum Gasteiger partial charge on any atom is 0.491 e. The minimum absolute atomic E-state index is 0.0370. The van der Waals surface area contributed by atoms with E-state index in [4.69, 9.17) is 33.7 Å². The smallest absolute Gasteiger partial charge is 0.491 e. The molecule has 2 heterocycles. The van der Waals surface area contributed by atoms with E-state index in [1.54, 1.807) is 34.6 Å². The van der Waals surface area contributed by atoms with Gasteiger partial charge in [0.15, 0.2) is 11.5 Å². The molecule has 0 spiro atoms. The first kappa shape index (κ1) is 22.0. The summed E-state index contributed by atoms with van der Waals surface area (Å²) in [7, 11) is -1.69. The number of carbonyl (C=O) groups is 2. The fourth-order valence-electron chi connectivity index (χ4n) is 2.92. The molecule has 11 heteroatoms. The van der Waals surface area contributed by atoms with Crippen molar-refractivity contribution in [1.82, 2.24) is 4.90 Å². The van der Waals surface area contributed by atoms with E-state index in [-0.39, 0.29) is 28.9 Å². The van der Waals surface area contributed by atoms with Gasteiger partial charge in [-0.05, 0) is 32.9 Å². The van der Waals surface area contributed by atoms with Crippen molar-refractivity contribution in [3.05, 3.63) is 17.7 Å². The van der Waals surface area contributed by atoms with Gasteiger partial charge in [0.2, 0.25) is 5.79 Å². The van der Waals surface area contributed by atoms with Gasteiger partial charge in [-0.3, -0.25) is 0 Å². The van der Waals surface area contributed by atoms with Crippen LogP contribution in [-0.2, 0) is 9.47 Å². The Labute approximate surface area is 174 Å². The highest BCUT2D eigenvalue weighted by molar-refractivity contribution is 6.40. The normalized spacial score (nSPS) is 17.8. The minimum atomic E-state index is -1.69. The Bertz CT molecular complexity index is 828. The van der Waals surface area contributed by atoms with Gasteiger partial charge in [0.25, 0.3) is 0 Å². The summed E-state index contributed by atoms with van der Waals surface area (Å²) < 4.78 is 27.6. The number of hydrogen-bond donors (Lipinski definition) is 2. The topological polar surface area (TPSA) is 124 Å². The van der Waals surface area contributed by atoms with Gasteiger partial charge in [-0.25, -0.2) is 9.59 Å². The summed E-state index contributed by atoms with van der Waals surface area (Å²) in [6.45, 7) is 8.71. The van der Waals surface area contributed by atoms with Crippen LogP contribution in [0.5, 0.6) is 17.2 Å². The first-order chi connectivity index (χ1) is 13.8. The number of hydrogen-bond acceptors (Lipinski definition) is 9. The third-order valence-corrected chi connectivity index (χ3v) is 4.16. The van der Waals surface area contributed by atoms with Crippen molar-refractivity contribution >= 4 is 19.2 Å². The van der Waals surface area contributed by atoms with E-state index in [9.17, 15) is 9.59 Å². The lowest BCUT2D eigenvalue weighted by Crippen LogP contribution is -2.57. The molecule has 1 aromatic rings. The number of cyclic esters (lactones) is 1. The van der Waals surface area contributed by atoms with Crippen LogP contribution < -0.4 is 14.2 Å². The molecule has 0 radical (unpaired) electrons. The molecule has 1 amide bonds.